The molecule has 0 aliphatic carbocycles. The van der Waals surface area contributed by atoms with Gasteiger partial charge in [-0.2, -0.15) is 4.31 Å². The summed E-state index contributed by atoms with van der Waals surface area (Å²) in [7, 11) is 0.804. The second-order valence-electron chi connectivity index (χ2n) is 4.03. The molecule has 0 spiro atoms. The fraction of sp³-hybridized carbons (Fsp3) is 0.400. The number of likely N-dealkylation sites (N-methyl/N-ethyl adjacent to an activating group) is 2. The van der Waals surface area contributed by atoms with Gasteiger partial charge in [-0.25, -0.2) is 8.42 Å². The highest BCUT2D eigenvalue weighted by Gasteiger charge is 2.25. The van der Waals surface area contributed by atoms with Crippen molar-refractivity contribution in [2.24, 2.45) is 5.73 Å². The van der Waals surface area contributed by atoms with Crippen molar-refractivity contribution in [2.75, 3.05) is 27.7 Å². The van der Waals surface area contributed by atoms with E-state index in [0.717, 1.165) is 15.6 Å². The molecule has 2 N–H and O–H groups in total. The molecule has 0 saturated carbocycles. The Labute approximate surface area is 121 Å². The van der Waals surface area contributed by atoms with Crippen LogP contribution < -0.4 is 5.73 Å². The topological polar surface area (TPSA) is 83.7 Å². The van der Waals surface area contributed by atoms with E-state index in [9.17, 15) is 13.2 Å². The quantitative estimate of drug-likeness (QED) is 0.777. The normalized spacial score (nSPS) is 11.6. The zero-order chi connectivity index (χ0) is 14.8. The van der Waals surface area contributed by atoms with Gasteiger partial charge >= 0.3 is 0 Å². The van der Waals surface area contributed by atoms with E-state index in [1.54, 1.807) is 20.2 Å². The lowest BCUT2D eigenvalue weighted by Gasteiger charge is -2.18. The summed E-state index contributed by atoms with van der Waals surface area (Å²) >= 11 is 5.78. The number of thiocarbonyl (C=S) groups is 1. The Morgan fingerprint density at radius 1 is 1.37 bits per heavy atom. The number of nitrogens with zero attached hydrogens (tertiary/aromatic N) is 2. The molecule has 9 heteroatoms. The Kier molecular flexibility index (Phi) is 5.02. The Morgan fingerprint density at radius 2 is 1.95 bits per heavy atom. The van der Waals surface area contributed by atoms with Crippen LogP contribution >= 0.6 is 23.6 Å². The molecule has 0 aliphatic rings. The van der Waals surface area contributed by atoms with Crippen LogP contribution in [0.15, 0.2) is 16.3 Å². The van der Waals surface area contributed by atoms with Gasteiger partial charge in [-0.1, -0.05) is 12.2 Å². The zero-order valence-corrected chi connectivity index (χ0v) is 13.2. The maximum atomic E-state index is 12.2. The predicted molar refractivity (Wildman–Crippen MR) is 78.7 cm³/mol. The highest BCUT2D eigenvalue weighted by atomic mass is 32.2. The highest BCUT2D eigenvalue weighted by Crippen LogP contribution is 2.24. The third-order valence-corrected chi connectivity index (χ3v) is 6.08. The van der Waals surface area contributed by atoms with Gasteiger partial charge in [0.15, 0.2) is 0 Å². The number of amides is 1. The number of hydrogen-bond acceptors (Lipinski definition) is 5. The lowest BCUT2D eigenvalue weighted by molar-refractivity contribution is -0.128. The molecule has 0 unspecified atom stereocenters. The average molecular weight is 321 g/mol. The van der Waals surface area contributed by atoms with Crippen molar-refractivity contribution < 1.29 is 13.2 Å². The molecule has 1 amide bonds. The first kappa shape index (κ1) is 16.0. The summed E-state index contributed by atoms with van der Waals surface area (Å²) < 4.78 is 25.5. The van der Waals surface area contributed by atoms with Crippen molar-refractivity contribution in [3.05, 3.63) is 17.0 Å². The lowest BCUT2D eigenvalue weighted by Crippen LogP contribution is -2.37. The van der Waals surface area contributed by atoms with E-state index in [1.807, 2.05) is 0 Å². The molecule has 1 aromatic heterocycles. The standard InChI is InChI=1S/C10H15N3O3S3/c1-12(2)8(14)6-13(3)19(15,16)9-5-4-7(18-9)10(11)17/h4-5H,6H2,1-3H3,(H2,11,17). The summed E-state index contributed by atoms with van der Waals surface area (Å²) in [5.41, 5.74) is 5.44. The van der Waals surface area contributed by atoms with E-state index in [0.29, 0.717) is 4.88 Å². The first-order chi connectivity index (χ1) is 8.66. The maximum absolute atomic E-state index is 12.2. The summed E-state index contributed by atoms with van der Waals surface area (Å²) in [4.78, 5) is 13.5. The fourth-order valence-corrected chi connectivity index (χ4v) is 3.84. The van der Waals surface area contributed by atoms with Gasteiger partial charge in [0.25, 0.3) is 10.0 Å². The highest BCUT2D eigenvalue weighted by molar-refractivity contribution is 7.91. The van der Waals surface area contributed by atoms with Crippen LogP contribution in [0.25, 0.3) is 0 Å². The first-order valence-electron chi connectivity index (χ1n) is 5.22. The van der Waals surface area contributed by atoms with Gasteiger partial charge in [-0.3, -0.25) is 4.79 Å². The minimum atomic E-state index is -3.69. The number of thiophene rings is 1. The Morgan fingerprint density at radius 3 is 2.37 bits per heavy atom. The van der Waals surface area contributed by atoms with Crippen molar-refractivity contribution >= 4 is 44.5 Å². The molecule has 6 nitrogen and oxygen atoms in total. The van der Waals surface area contributed by atoms with E-state index in [1.165, 1.54) is 18.0 Å². The van der Waals surface area contributed by atoms with Gasteiger partial charge in [0.2, 0.25) is 5.91 Å². The van der Waals surface area contributed by atoms with Crippen molar-refractivity contribution in [3.8, 4) is 0 Å². The van der Waals surface area contributed by atoms with E-state index in [-0.39, 0.29) is 21.6 Å². The van der Waals surface area contributed by atoms with Crippen molar-refractivity contribution in [3.63, 3.8) is 0 Å². The van der Waals surface area contributed by atoms with Crippen LogP contribution in [0.1, 0.15) is 4.88 Å². The zero-order valence-electron chi connectivity index (χ0n) is 10.8. The molecule has 0 fully saturated rings. The van der Waals surface area contributed by atoms with Gasteiger partial charge < -0.3 is 10.6 Å². The van der Waals surface area contributed by atoms with Crippen LogP contribution in [0.5, 0.6) is 0 Å². The molecule has 19 heavy (non-hydrogen) atoms. The molecule has 0 bridgehead atoms. The second-order valence-corrected chi connectivity index (χ2v) is 7.83. The molecular formula is C10H15N3O3S3. The average Bonchev–Trinajstić information content (AvgIpc) is 2.78. The summed E-state index contributed by atoms with van der Waals surface area (Å²) in [5, 5.41) is 0. The molecular weight excluding hydrogens is 306 g/mol. The SMILES string of the molecule is CN(C)C(=O)CN(C)S(=O)(=O)c1ccc(C(N)=S)s1. The summed E-state index contributed by atoms with van der Waals surface area (Å²) in [6, 6.07) is 2.99. The minimum absolute atomic E-state index is 0.115. The van der Waals surface area contributed by atoms with Crippen LogP contribution in [-0.2, 0) is 14.8 Å². The number of nitrogens with two attached hydrogens (primary N) is 1. The summed E-state index contributed by atoms with van der Waals surface area (Å²) in [6.45, 7) is -0.213. The van der Waals surface area contributed by atoms with Crippen molar-refractivity contribution in [2.45, 2.75) is 4.21 Å². The minimum Gasteiger partial charge on any atom is -0.389 e. The van der Waals surface area contributed by atoms with Crippen LogP contribution in [-0.4, -0.2) is 56.2 Å². The van der Waals surface area contributed by atoms with Crippen LogP contribution in [0.4, 0.5) is 0 Å². The van der Waals surface area contributed by atoms with Crippen molar-refractivity contribution in [1.82, 2.24) is 9.21 Å². The monoisotopic (exact) mass is 321 g/mol. The molecule has 0 atom stereocenters. The van der Waals surface area contributed by atoms with Gasteiger partial charge in [0, 0.05) is 21.1 Å². The molecule has 0 aliphatic heterocycles. The largest absolute Gasteiger partial charge is 0.389 e. The Hall–Kier alpha value is -1.03. The van der Waals surface area contributed by atoms with Gasteiger partial charge in [0.05, 0.1) is 11.4 Å². The smallest absolute Gasteiger partial charge is 0.252 e. The summed E-state index contributed by atoms with van der Waals surface area (Å²) in [6.07, 6.45) is 0. The van der Waals surface area contributed by atoms with E-state index >= 15 is 0 Å². The van der Waals surface area contributed by atoms with E-state index in [4.69, 9.17) is 18.0 Å². The predicted octanol–water partition coefficient (Wildman–Crippen LogP) is 0.0910. The number of carbonyl (C=O) groups excluding carboxylic acids is 1. The number of hydrogen-bond donors (Lipinski definition) is 1. The molecule has 0 radical (unpaired) electrons. The van der Waals surface area contributed by atoms with E-state index in [2.05, 4.69) is 0 Å². The third kappa shape index (κ3) is 3.72. The van der Waals surface area contributed by atoms with Gasteiger partial charge in [-0.15, -0.1) is 11.3 Å². The first-order valence-corrected chi connectivity index (χ1v) is 7.89. The number of carbonyl (C=O) groups is 1. The summed E-state index contributed by atoms with van der Waals surface area (Å²) in [5.74, 6) is -0.294. The molecule has 1 aromatic rings. The Bertz CT molecular complexity index is 592. The fourth-order valence-electron chi connectivity index (χ4n) is 1.16. The molecule has 1 rings (SSSR count). The van der Waals surface area contributed by atoms with Gasteiger partial charge in [0.1, 0.15) is 9.20 Å². The van der Waals surface area contributed by atoms with Crippen LogP contribution in [0, 0.1) is 0 Å². The Balaban J connectivity index is 2.96. The maximum Gasteiger partial charge on any atom is 0.252 e. The second kappa shape index (κ2) is 5.95. The number of rotatable bonds is 5. The van der Waals surface area contributed by atoms with E-state index < -0.39 is 10.0 Å². The van der Waals surface area contributed by atoms with Crippen LogP contribution in [0.3, 0.4) is 0 Å². The molecule has 0 saturated heterocycles. The number of sulfonamides is 1. The van der Waals surface area contributed by atoms with Gasteiger partial charge in [-0.05, 0) is 12.1 Å². The molecule has 106 valence electrons. The van der Waals surface area contributed by atoms with Crippen LogP contribution in [0.2, 0.25) is 0 Å². The molecule has 1 heterocycles. The van der Waals surface area contributed by atoms with Crippen molar-refractivity contribution in [1.29, 1.82) is 0 Å². The lowest BCUT2D eigenvalue weighted by atomic mass is 10.5. The third-order valence-electron chi connectivity index (χ3n) is 2.35. The molecule has 0 aromatic carbocycles.